The molecule has 1 unspecified atom stereocenters. The third-order valence-electron chi connectivity index (χ3n) is 12.0. The van der Waals surface area contributed by atoms with Crippen LogP contribution in [0, 0.1) is 36.5 Å². The highest BCUT2D eigenvalue weighted by Crippen LogP contribution is 2.47. The molecule has 1 amide bonds. The molecule has 0 radical (unpaired) electrons. The third-order valence-corrected chi connectivity index (χ3v) is 12.0. The molecule has 0 N–H and O–H groups in total. The molecule has 9 nitrogen and oxygen atoms in total. The molecule has 1 saturated heterocycles. The van der Waals surface area contributed by atoms with Crippen molar-refractivity contribution in [3.05, 3.63) is 91.9 Å². The van der Waals surface area contributed by atoms with Crippen molar-refractivity contribution in [3.8, 4) is 28.7 Å². The lowest BCUT2D eigenvalue weighted by molar-refractivity contribution is -0.130. The topological polar surface area (TPSA) is 91.0 Å². The van der Waals surface area contributed by atoms with Crippen molar-refractivity contribution < 1.29 is 18.7 Å². The number of ether oxygens (including phenoxy) is 2. The Morgan fingerprint density at radius 1 is 1.07 bits per heavy atom. The zero-order valence-corrected chi connectivity index (χ0v) is 33.5. The summed E-state index contributed by atoms with van der Waals surface area (Å²) in [6, 6.07) is 12.5. The molecule has 288 valence electrons. The van der Waals surface area contributed by atoms with Crippen LogP contribution in [0.3, 0.4) is 0 Å². The number of hydrogen-bond acceptors (Lipinski definition) is 7. The molecule has 1 aliphatic carbocycles. The van der Waals surface area contributed by atoms with Gasteiger partial charge in [0.1, 0.15) is 23.1 Å². The summed E-state index contributed by atoms with van der Waals surface area (Å²) < 4.78 is 27.3. The van der Waals surface area contributed by atoms with Crippen molar-refractivity contribution in [3.63, 3.8) is 0 Å². The summed E-state index contributed by atoms with van der Waals surface area (Å²) >= 11 is 0. The summed E-state index contributed by atoms with van der Waals surface area (Å²) in [7, 11) is 5.20. The number of aromatic nitrogens is 1. The molecule has 2 fully saturated rings. The maximum atomic E-state index is 13.8. The van der Waals surface area contributed by atoms with Crippen molar-refractivity contribution >= 4 is 5.91 Å². The Morgan fingerprint density at radius 3 is 2.35 bits per heavy atom. The number of amides is 1. The Bertz CT molecular complexity index is 2030. The molecule has 1 saturated carbocycles. The van der Waals surface area contributed by atoms with Crippen molar-refractivity contribution in [1.29, 1.82) is 5.26 Å². The zero-order valence-electron chi connectivity index (χ0n) is 33.5. The number of nitrogens with zero attached hydrogens (tertiary/aromatic N) is 5. The SMILES string of the molecule is COc1cc(-c2cn(C)c(=O)c(C)c2C)cc(OC)c1CN1CCN(Cc2cccc3c2CCN(C(=O)C(C#N)=CC(C)(C)CF)C3C(C)C)CC12CC2. The van der Waals surface area contributed by atoms with Crippen LogP contribution in [0.25, 0.3) is 11.1 Å². The molecular weight excluding hydrogens is 682 g/mol. The van der Waals surface area contributed by atoms with Gasteiger partial charge in [-0.15, -0.1) is 0 Å². The Balaban J connectivity index is 1.21. The molecule has 0 bridgehead atoms. The fourth-order valence-corrected chi connectivity index (χ4v) is 8.69. The lowest BCUT2D eigenvalue weighted by atomic mass is 9.83. The normalized spacial score (nSPS) is 18.8. The fraction of sp³-hybridized carbons (Fsp3) is 0.523. The molecular formula is C44H56FN5O4. The number of alkyl halides is 1. The average Bonchev–Trinajstić information content (AvgIpc) is 3.93. The Labute approximate surface area is 320 Å². The minimum atomic E-state index is -0.884. The second kappa shape index (κ2) is 15.3. The molecule has 3 heterocycles. The first-order valence-corrected chi connectivity index (χ1v) is 19.2. The van der Waals surface area contributed by atoms with Crippen molar-refractivity contribution in [2.45, 2.75) is 85.5 Å². The van der Waals surface area contributed by atoms with Gasteiger partial charge in [-0.1, -0.05) is 52.0 Å². The molecule has 1 atom stereocenters. The van der Waals surface area contributed by atoms with Gasteiger partial charge in [0.25, 0.3) is 11.5 Å². The molecule has 10 heteroatoms. The number of benzene rings is 2. The summed E-state index contributed by atoms with van der Waals surface area (Å²) in [4.78, 5) is 33.4. The average molecular weight is 738 g/mol. The van der Waals surface area contributed by atoms with E-state index in [1.54, 1.807) is 39.7 Å². The highest BCUT2D eigenvalue weighted by molar-refractivity contribution is 5.97. The van der Waals surface area contributed by atoms with Gasteiger partial charge in [-0.25, -0.2) is 0 Å². The lowest BCUT2D eigenvalue weighted by Gasteiger charge is -2.44. The van der Waals surface area contributed by atoms with Crippen LogP contribution in [0.15, 0.2) is 53.0 Å². The van der Waals surface area contributed by atoms with Crippen LogP contribution in [0.5, 0.6) is 11.5 Å². The predicted molar refractivity (Wildman–Crippen MR) is 210 cm³/mol. The number of rotatable bonds is 11. The van der Waals surface area contributed by atoms with Crippen LogP contribution < -0.4 is 15.0 Å². The molecule has 3 aromatic rings. The van der Waals surface area contributed by atoms with E-state index in [0.29, 0.717) is 19.5 Å². The van der Waals surface area contributed by atoms with Crippen molar-refractivity contribution in [2.75, 3.05) is 47.1 Å². The fourth-order valence-electron chi connectivity index (χ4n) is 8.69. The van der Waals surface area contributed by atoms with Crippen LogP contribution in [0.4, 0.5) is 4.39 Å². The molecule has 6 rings (SSSR count). The van der Waals surface area contributed by atoms with Gasteiger partial charge in [0.2, 0.25) is 0 Å². The number of aryl methyl sites for hydroxylation is 1. The number of halogens is 1. The van der Waals surface area contributed by atoms with E-state index in [4.69, 9.17) is 9.47 Å². The second-order valence-corrected chi connectivity index (χ2v) is 16.6. The lowest BCUT2D eigenvalue weighted by Crippen LogP contribution is -2.54. The Hall–Kier alpha value is -4.46. The summed E-state index contributed by atoms with van der Waals surface area (Å²) in [5.41, 5.74) is 7.62. The van der Waals surface area contributed by atoms with Crippen molar-refractivity contribution in [1.82, 2.24) is 19.3 Å². The number of piperazine rings is 1. The van der Waals surface area contributed by atoms with Gasteiger partial charge in [-0.2, -0.15) is 5.26 Å². The second-order valence-electron chi connectivity index (χ2n) is 16.6. The molecule has 1 spiro atoms. The van der Waals surface area contributed by atoms with Gasteiger partial charge in [0, 0.05) is 74.6 Å². The maximum Gasteiger partial charge on any atom is 0.264 e. The van der Waals surface area contributed by atoms with Gasteiger partial charge in [-0.05, 0) is 79.0 Å². The summed E-state index contributed by atoms with van der Waals surface area (Å²) in [5.74, 6) is 1.37. The van der Waals surface area contributed by atoms with E-state index < -0.39 is 12.1 Å². The van der Waals surface area contributed by atoms with Gasteiger partial charge in [0.15, 0.2) is 0 Å². The third kappa shape index (κ3) is 7.45. The standard InChI is InChI=1S/C44H56FN5O4/c1-28(2)40-35-12-10-11-31(34(35)13-16-50(40)42(52)33(22-46)21-43(5,6)26-45)23-48-17-18-49(44(27-48)14-15-44)25-37-38(53-8)19-32(20-39(37)54-9)36-24-47(7)41(51)30(4)29(36)3/h10-12,19-21,24,28,40H,13-18,23,25-27H2,1-9H3. The van der Waals surface area contributed by atoms with E-state index in [2.05, 4.69) is 60.0 Å². The monoisotopic (exact) mass is 737 g/mol. The Kier molecular flexibility index (Phi) is 11.2. The summed E-state index contributed by atoms with van der Waals surface area (Å²) in [6.45, 7) is 15.7. The van der Waals surface area contributed by atoms with Gasteiger partial charge in [-0.3, -0.25) is 23.8 Å². The van der Waals surface area contributed by atoms with E-state index in [-0.39, 0.29) is 34.5 Å². The maximum absolute atomic E-state index is 13.8. The van der Waals surface area contributed by atoms with E-state index in [1.165, 1.54) is 17.2 Å². The predicted octanol–water partition coefficient (Wildman–Crippen LogP) is 7.06. The highest BCUT2D eigenvalue weighted by Gasteiger charge is 2.51. The van der Waals surface area contributed by atoms with Crippen LogP contribution in [-0.4, -0.2) is 77.8 Å². The number of carbonyl (C=O) groups excluding carboxylic acids is 1. The van der Waals surface area contributed by atoms with Gasteiger partial charge < -0.3 is 18.9 Å². The smallest absolute Gasteiger partial charge is 0.264 e. The first-order chi connectivity index (χ1) is 25.7. The van der Waals surface area contributed by atoms with E-state index in [9.17, 15) is 19.2 Å². The number of methoxy groups -OCH3 is 2. The molecule has 54 heavy (non-hydrogen) atoms. The number of hydrogen-bond donors (Lipinski definition) is 0. The van der Waals surface area contributed by atoms with E-state index >= 15 is 0 Å². The van der Waals surface area contributed by atoms with Crippen LogP contribution in [-0.2, 0) is 31.4 Å². The first-order valence-electron chi connectivity index (χ1n) is 19.2. The van der Waals surface area contributed by atoms with Crippen LogP contribution in [0.1, 0.15) is 80.0 Å². The van der Waals surface area contributed by atoms with Crippen LogP contribution in [0.2, 0.25) is 0 Å². The minimum absolute atomic E-state index is 0.00513. The number of fused-ring (bicyclic) bond motifs is 1. The summed E-state index contributed by atoms with van der Waals surface area (Å²) in [6.07, 6.45) is 6.36. The molecule has 3 aliphatic rings. The van der Waals surface area contributed by atoms with E-state index in [0.717, 1.165) is 83.9 Å². The number of carbonyl (C=O) groups is 1. The van der Waals surface area contributed by atoms with Crippen molar-refractivity contribution in [2.24, 2.45) is 18.4 Å². The minimum Gasteiger partial charge on any atom is -0.496 e. The first kappa shape index (κ1) is 39.2. The van der Waals surface area contributed by atoms with E-state index in [1.807, 2.05) is 24.9 Å². The molecule has 1 aromatic heterocycles. The van der Waals surface area contributed by atoms with Gasteiger partial charge >= 0.3 is 0 Å². The summed E-state index contributed by atoms with van der Waals surface area (Å²) in [5, 5.41) is 9.90. The number of allylic oxidation sites excluding steroid dienone is 1. The highest BCUT2D eigenvalue weighted by atomic mass is 19.1. The Morgan fingerprint density at radius 2 is 1.76 bits per heavy atom. The molecule has 2 aliphatic heterocycles. The molecule has 2 aromatic carbocycles. The van der Waals surface area contributed by atoms with Crippen LogP contribution >= 0.6 is 0 Å². The largest absolute Gasteiger partial charge is 0.496 e. The van der Waals surface area contributed by atoms with Gasteiger partial charge in [0.05, 0.1) is 32.5 Å². The number of nitriles is 1. The number of pyridine rings is 1. The zero-order chi connectivity index (χ0) is 39.1. The quantitative estimate of drug-likeness (QED) is 0.154.